The lowest BCUT2D eigenvalue weighted by Gasteiger charge is -2.24. The monoisotopic (exact) mass is 191 g/mol. The molecule has 4 nitrogen and oxygen atoms in total. The van der Waals surface area contributed by atoms with Gasteiger partial charge in [-0.3, -0.25) is 14.9 Å². The van der Waals surface area contributed by atoms with E-state index in [1.54, 1.807) is 0 Å². The molecule has 1 saturated carbocycles. The quantitative estimate of drug-likeness (QED) is 0.379. The lowest BCUT2D eigenvalue weighted by Crippen LogP contribution is -2.45. The molecule has 0 aliphatic heterocycles. The molecule has 0 bridgehead atoms. The highest BCUT2D eigenvalue weighted by atomic mass is 35.5. The number of nitrogens with zero attached hydrogens (tertiary/aromatic N) is 1. The molecule has 1 rings (SSSR count). The van der Waals surface area contributed by atoms with Crippen molar-refractivity contribution in [3.8, 4) is 0 Å². The van der Waals surface area contributed by atoms with Crippen LogP contribution in [0, 0.1) is 10.1 Å². The van der Waals surface area contributed by atoms with Crippen molar-refractivity contribution in [3.05, 3.63) is 10.1 Å². The van der Waals surface area contributed by atoms with E-state index in [0.29, 0.717) is 12.8 Å². The van der Waals surface area contributed by atoms with E-state index in [1.807, 2.05) is 0 Å². The van der Waals surface area contributed by atoms with Crippen molar-refractivity contribution >= 4 is 16.8 Å². The molecule has 0 aromatic heterocycles. The van der Waals surface area contributed by atoms with Gasteiger partial charge in [-0.1, -0.05) is 6.42 Å². The van der Waals surface area contributed by atoms with E-state index in [9.17, 15) is 14.9 Å². The highest BCUT2D eigenvalue weighted by molar-refractivity contribution is 6.65. The number of halogens is 1. The van der Waals surface area contributed by atoms with Crippen LogP contribution in [0.2, 0.25) is 0 Å². The SMILES string of the molecule is O=C(Cl)C1([N+](=O)[O-])CCCCC1. The van der Waals surface area contributed by atoms with E-state index in [1.165, 1.54) is 0 Å². The third-order valence-electron chi connectivity index (χ3n) is 2.40. The van der Waals surface area contributed by atoms with Gasteiger partial charge in [-0.25, -0.2) is 0 Å². The zero-order valence-electron chi connectivity index (χ0n) is 6.59. The predicted molar refractivity (Wildman–Crippen MR) is 43.7 cm³/mol. The molecule has 0 aromatic carbocycles. The van der Waals surface area contributed by atoms with Crippen LogP contribution in [0.25, 0.3) is 0 Å². The zero-order valence-corrected chi connectivity index (χ0v) is 7.34. The summed E-state index contributed by atoms with van der Waals surface area (Å²) < 4.78 is 0. The molecule has 0 aromatic rings. The van der Waals surface area contributed by atoms with Crippen molar-refractivity contribution in [1.29, 1.82) is 0 Å². The summed E-state index contributed by atoms with van der Waals surface area (Å²) in [6.07, 6.45) is 2.99. The van der Waals surface area contributed by atoms with E-state index in [-0.39, 0.29) is 0 Å². The molecule has 5 heteroatoms. The van der Waals surface area contributed by atoms with Crippen LogP contribution in [-0.2, 0) is 4.79 Å². The molecule has 0 N–H and O–H groups in total. The summed E-state index contributed by atoms with van der Waals surface area (Å²) in [7, 11) is 0. The first-order chi connectivity index (χ1) is 5.59. The molecule has 0 unspecified atom stereocenters. The van der Waals surface area contributed by atoms with Gasteiger partial charge in [-0.15, -0.1) is 0 Å². The first kappa shape index (κ1) is 9.45. The maximum absolute atomic E-state index is 10.9. The summed E-state index contributed by atoms with van der Waals surface area (Å²) in [6, 6.07) is 0. The Morgan fingerprint density at radius 3 is 2.08 bits per heavy atom. The number of hydrogen-bond donors (Lipinski definition) is 0. The Bertz CT molecular complexity index is 195. The van der Waals surface area contributed by atoms with Crippen LogP contribution in [0.4, 0.5) is 0 Å². The molecule has 12 heavy (non-hydrogen) atoms. The van der Waals surface area contributed by atoms with Gasteiger partial charge in [-0.05, 0) is 24.4 Å². The van der Waals surface area contributed by atoms with Gasteiger partial charge in [0.2, 0.25) is 0 Å². The van der Waals surface area contributed by atoms with Gasteiger partial charge in [0.1, 0.15) is 0 Å². The second kappa shape index (κ2) is 3.39. The van der Waals surface area contributed by atoms with Crippen LogP contribution < -0.4 is 0 Å². The molecule has 1 fully saturated rings. The molecule has 0 radical (unpaired) electrons. The van der Waals surface area contributed by atoms with Crippen LogP contribution in [0.15, 0.2) is 0 Å². The van der Waals surface area contributed by atoms with Crippen LogP contribution in [-0.4, -0.2) is 15.7 Å². The fourth-order valence-corrected chi connectivity index (χ4v) is 1.85. The largest absolute Gasteiger partial charge is 0.298 e. The fraction of sp³-hybridized carbons (Fsp3) is 0.857. The van der Waals surface area contributed by atoms with Crippen molar-refractivity contribution in [2.75, 3.05) is 0 Å². The second-order valence-electron chi connectivity index (χ2n) is 3.12. The van der Waals surface area contributed by atoms with E-state index >= 15 is 0 Å². The first-order valence-electron chi connectivity index (χ1n) is 3.94. The van der Waals surface area contributed by atoms with Gasteiger partial charge >= 0.3 is 0 Å². The van der Waals surface area contributed by atoms with Crippen LogP contribution in [0.5, 0.6) is 0 Å². The fourth-order valence-electron chi connectivity index (χ4n) is 1.59. The summed E-state index contributed by atoms with van der Waals surface area (Å²) in [5.74, 6) is 0. The Hall–Kier alpha value is -0.640. The topological polar surface area (TPSA) is 60.2 Å². The minimum atomic E-state index is -1.47. The summed E-state index contributed by atoms with van der Waals surface area (Å²) >= 11 is 5.23. The number of carbonyl (C=O) groups excluding carboxylic acids is 1. The highest BCUT2D eigenvalue weighted by Gasteiger charge is 2.50. The van der Waals surface area contributed by atoms with Crippen molar-refractivity contribution in [3.63, 3.8) is 0 Å². The number of hydrogen-bond acceptors (Lipinski definition) is 3. The van der Waals surface area contributed by atoms with Crippen molar-refractivity contribution in [1.82, 2.24) is 0 Å². The molecule has 0 spiro atoms. The third kappa shape index (κ3) is 1.43. The normalized spacial score (nSPS) is 21.8. The number of rotatable bonds is 2. The molecule has 0 amide bonds. The maximum atomic E-state index is 10.9. The summed E-state index contributed by atoms with van der Waals surface area (Å²) in [6.45, 7) is 0. The Kier molecular flexibility index (Phi) is 2.67. The molecule has 68 valence electrons. The van der Waals surface area contributed by atoms with Crippen molar-refractivity contribution in [2.45, 2.75) is 37.6 Å². The second-order valence-corrected chi connectivity index (χ2v) is 3.47. The molecule has 0 atom stereocenters. The molecule has 1 aliphatic rings. The maximum Gasteiger partial charge on any atom is 0.298 e. The zero-order chi connectivity index (χ0) is 9.19. The van der Waals surface area contributed by atoms with E-state index in [2.05, 4.69) is 0 Å². The van der Waals surface area contributed by atoms with Crippen molar-refractivity contribution in [2.24, 2.45) is 0 Å². The number of nitro groups is 1. The Balaban J connectivity index is 2.84. The number of carbonyl (C=O) groups is 1. The summed E-state index contributed by atoms with van der Waals surface area (Å²) in [5, 5.41) is 9.81. The Morgan fingerprint density at radius 1 is 1.33 bits per heavy atom. The lowest BCUT2D eigenvalue weighted by atomic mass is 9.83. The van der Waals surface area contributed by atoms with E-state index < -0.39 is 15.7 Å². The van der Waals surface area contributed by atoms with Crippen molar-refractivity contribution < 1.29 is 9.72 Å². The first-order valence-corrected chi connectivity index (χ1v) is 4.32. The smallest absolute Gasteiger partial charge is 0.273 e. The van der Waals surface area contributed by atoms with E-state index in [0.717, 1.165) is 19.3 Å². The molecule has 1 aliphatic carbocycles. The van der Waals surface area contributed by atoms with Gasteiger partial charge < -0.3 is 0 Å². The summed E-state index contributed by atoms with van der Waals surface area (Å²) in [4.78, 5) is 21.0. The molecule has 0 heterocycles. The van der Waals surface area contributed by atoms with Gasteiger partial charge in [0.15, 0.2) is 0 Å². The molecule has 0 saturated heterocycles. The summed E-state index contributed by atoms with van der Waals surface area (Å²) in [5.41, 5.74) is -1.47. The van der Waals surface area contributed by atoms with Gasteiger partial charge in [0, 0.05) is 17.8 Å². The van der Waals surface area contributed by atoms with Crippen LogP contribution in [0.1, 0.15) is 32.1 Å². The van der Waals surface area contributed by atoms with Crippen LogP contribution in [0.3, 0.4) is 0 Å². The van der Waals surface area contributed by atoms with Gasteiger partial charge in [-0.2, -0.15) is 0 Å². The Morgan fingerprint density at radius 2 is 1.83 bits per heavy atom. The highest BCUT2D eigenvalue weighted by Crippen LogP contribution is 2.32. The van der Waals surface area contributed by atoms with Gasteiger partial charge in [0.25, 0.3) is 10.8 Å². The van der Waals surface area contributed by atoms with E-state index in [4.69, 9.17) is 11.6 Å². The molecular weight excluding hydrogens is 182 g/mol. The predicted octanol–water partition coefficient (Wildman–Crippen LogP) is 1.73. The lowest BCUT2D eigenvalue weighted by molar-refractivity contribution is -0.555. The molecular formula is C7H10ClNO3. The average molecular weight is 192 g/mol. The minimum absolute atomic E-state index is 0.294. The average Bonchev–Trinajstić information content (AvgIpc) is 2.05. The van der Waals surface area contributed by atoms with Gasteiger partial charge in [0.05, 0.1) is 0 Å². The van der Waals surface area contributed by atoms with Crippen LogP contribution >= 0.6 is 11.6 Å². The standard InChI is InChI=1S/C7H10ClNO3/c8-6(10)7(9(11)12)4-2-1-3-5-7/h1-5H2. The third-order valence-corrected chi connectivity index (χ3v) is 2.75. The Labute approximate surface area is 75.0 Å². The minimum Gasteiger partial charge on any atom is -0.273 e.